The molecule has 0 atom stereocenters. The molecule has 0 bridgehead atoms. The first kappa shape index (κ1) is 10.1. The molecule has 0 aromatic carbocycles. The number of allylic oxidation sites excluding steroid dienone is 3. The highest BCUT2D eigenvalue weighted by atomic mass is 16.2. The first-order valence-electron chi connectivity index (χ1n) is 2.32. The van der Waals surface area contributed by atoms with Crippen LogP contribution in [0.3, 0.4) is 0 Å². The Bertz CT molecular complexity index is 72.5. The van der Waals surface area contributed by atoms with Crippen LogP contribution in [-0.2, 0) is 0 Å². The predicted octanol–water partition coefficient (Wildman–Crippen LogP) is 2.44. The molecule has 0 aliphatic heterocycles. The maximum atomic E-state index is 7.81. The molecule has 46 valence electrons. The summed E-state index contributed by atoms with van der Waals surface area (Å²) in [6, 6.07) is 0. The van der Waals surface area contributed by atoms with Crippen LogP contribution < -0.4 is 0 Å². The second-order valence-electron chi connectivity index (χ2n) is 0.985. The molecule has 0 heterocycles. The zero-order valence-electron chi connectivity index (χ0n) is 5.17. The molecule has 0 saturated carbocycles. The van der Waals surface area contributed by atoms with Gasteiger partial charge in [0.15, 0.2) is 0 Å². The Labute approximate surface area is 50.7 Å². The fourth-order valence-electron chi connectivity index (χ4n) is 0.0609. The van der Waals surface area contributed by atoms with Gasteiger partial charge in [0.2, 0.25) is 0 Å². The van der Waals surface area contributed by atoms with Gasteiger partial charge in [0, 0.05) is 0 Å². The molecule has 0 amide bonds. The second kappa shape index (κ2) is 16.6. The Morgan fingerprint density at radius 2 is 1.75 bits per heavy atom. The molecule has 1 N–H and O–H groups in total. The van der Waals surface area contributed by atoms with Crippen molar-refractivity contribution < 1.29 is 5.11 Å². The maximum Gasteiger partial charge on any atom is 0.0791 e. The van der Waals surface area contributed by atoms with E-state index in [2.05, 4.69) is 13.2 Å². The van der Waals surface area contributed by atoms with Crippen LogP contribution in [0.2, 0.25) is 0 Å². The van der Waals surface area contributed by atoms with Gasteiger partial charge >= 0.3 is 0 Å². The third-order valence-corrected chi connectivity index (χ3v) is 0.222. The first-order valence-corrected chi connectivity index (χ1v) is 2.32. The molecule has 0 radical (unpaired) electrons. The summed E-state index contributed by atoms with van der Waals surface area (Å²) in [5.41, 5.74) is 0. The number of rotatable bonds is 1. The Kier molecular flexibility index (Phi) is 21.0. The molecule has 0 aromatic rings. The van der Waals surface area contributed by atoms with Gasteiger partial charge in [-0.15, -0.1) is 6.58 Å². The first-order chi connectivity index (χ1) is 3.83. The quantitative estimate of drug-likeness (QED) is 0.314. The lowest BCUT2D eigenvalue weighted by atomic mass is 10.6. The molecule has 0 spiro atoms. The Balaban J connectivity index is 0. The van der Waals surface area contributed by atoms with E-state index in [-0.39, 0.29) is 0 Å². The standard InChI is InChI=1S/C4H6O.C3H6/c1-2-3-4-5;1-3-2/h2-5H,1H2;3H,1H2,2H3. The van der Waals surface area contributed by atoms with Crippen molar-refractivity contribution >= 4 is 0 Å². The van der Waals surface area contributed by atoms with Crippen LogP contribution in [0.25, 0.3) is 0 Å². The highest BCUT2D eigenvalue weighted by Crippen LogP contribution is 1.61. The van der Waals surface area contributed by atoms with E-state index in [1.807, 2.05) is 6.92 Å². The smallest absolute Gasteiger partial charge is 0.0791 e. The number of hydrogen-bond donors (Lipinski definition) is 1. The molecule has 0 unspecified atom stereocenters. The van der Waals surface area contributed by atoms with E-state index in [1.165, 1.54) is 12.2 Å². The van der Waals surface area contributed by atoms with Gasteiger partial charge in [-0.1, -0.05) is 18.7 Å². The fraction of sp³-hybridized carbons (Fsp3) is 0.143. The molecule has 0 fully saturated rings. The van der Waals surface area contributed by atoms with Crippen molar-refractivity contribution in [2.75, 3.05) is 0 Å². The number of hydrogen-bond acceptors (Lipinski definition) is 1. The van der Waals surface area contributed by atoms with E-state index in [4.69, 9.17) is 5.11 Å². The van der Waals surface area contributed by atoms with Gasteiger partial charge in [-0.2, -0.15) is 0 Å². The van der Waals surface area contributed by atoms with Crippen LogP contribution in [-0.4, -0.2) is 5.11 Å². The third-order valence-electron chi connectivity index (χ3n) is 0.222. The lowest BCUT2D eigenvalue weighted by Crippen LogP contribution is -1.40. The number of aliphatic hydroxyl groups is 1. The minimum Gasteiger partial charge on any atom is -0.516 e. The Morgan fingerprint density at radius 3 is 1.75 bits per heavy atom. The van der Waals surface area contributed by atoms with Gasteiger partial charge in [-0.05, 0) is 13.0 Å². The van der Waals surface area contributed by atoms with Crippen LogP contribution >= 0.6 is 0 Å². The summed E-state index contributed by atoms with van der Waals surface area (Å²) >= 11 is 0. The van der Waals surface area contributed by atoms with Gasteiger partial charge in [0.1, 0.15) is 0 Å². The van der Waals surface area contributed by atoms with Crippen molar-refractivity contribution in [3.8, 4) is 0 Å². The third kappa shape index (κ3) is 78.0. The molecule has 1 heteroatoms. The fourth-order valence-corrected chi connectivity index (χ4v) is 0.0609. The van der Waals surface area contributed by atoms with E-state index in [9.17, 15) is 0 Å². The Morgan fingerprint density at radius 1 is 1.38 bits per heavy atom. The molecular weight excluding hydrogens is 100 g/mol. The monoisotopic (exact) mass is 112 g/mol. The molecular formula is C7H12O. The van der Waals surface area contributed by atoms with Crippen LogP contribution in [0.5, 0.6) is 0 Å². The van der Waals surface area contributed by atoms with Gasteiger partial charge in [0.25, 0.3) is 0 Å². The van der Waals surface area contributed by atoms with Crippen molar-refractivity contribution in [1.29, 1.82) is 0 Å². The van der Waals surface area contributed by atoms with Gasteiger partial charge in [0.05, 0.1) is 6.26 Å². The van der Waals surface area contributed by atoms with Crippen molar-refractivity contribution in [2.24, 2.45) is 0 Å². The van der Waals surface area contributed by atoms with Crippen molar-refractivity contribution in [3.63, 3.8) is 0 Å². The normalized spacial score (nSPS) is 7.12. The number of aliphatic hydroxyl groups excluding tert-OH is 1. The lowest BCUT2D eigenvalue weighted by molar-refractivity contribution is 0.474. The van der Waals surface area contributed by atoms with E-state index < -0.39 is 0 Å². The van der Waals surface area contributed by atoms with E-state index >= 15 is 0 Å². The Hall–Kier alpha value is -0.980. The molecule has 0 aliphatic rings. The van der Waals surface area contributed by atoms with Gasteiger partial charge in [-0.25, -0.2) is 0 Å². The van der Waals surface area contributed by atoms with Gasteiger partial charge in [-0.3, -0.25) is 0 Å². The average Bonchev–Trinajstić information content (AvgIpc) is 1.71. The summed E-state index contributed by atoms with van der Waals surface area (Å²) < 4.78 is 0. The topological polar surface area (TPSA) is 20.2 Å². The zero-order valence-corrected chi connectivity index (χ0v) is 5.17. The van der Waals surface area contributed by atoms with Gasteiger partial charge < -0.3 is 5.11 Å². The van der Waals surface area contributed by atoms with Crippen LogP contribution in [0.15, 0.2) is 37.6 Å². The molecule has 0 saturated heterocycles. The SMILES string of the molecule is C=CC.C=CC=CO. The average molecular weight is 112 g/mol. The summed E-state index contributed by atoms with van der Waals surface area (Å²) in [6.45, 7) is 8.55. The minimum atomic E-state index is 0.938. The summed E-state index contributed by atoms with van der Waals surface area (Å²) in [6.07, 6.45) is 5.63. The predicted molar refractivity (Wildman–Crippen MR) is 37.8 cm³/mol. The summed E-state index contributed by atoms with van der Waals surface area (Å²) in [5, 5.41) is 7.81. The van der Waals surface area contributed by atoms with Crippen LogP contribution in [0, 0.1) is 0 Å². The maximum absolute atomic E-state index is 7.81. The molecule has 0 aromatic heterocycles. The summed E-state index contributed by atoms with van der Waals surface area (Å²) in [7, 11) is 0. The molecule has 0 rings (SSSR count). The zero-order chi connectivity index (χ0) is 6.83. The van der Waals surface area contributed by atoms with Crippen molar-refractivity contribution in [1.82, 2.24) is 0 Å². The largest absolute Gasteiger partial charge is 0.516 e. The summed E-state index contributed by atoms with van der Waals surface area (Å²) in [4.78, 5) is 0. The summed E-state index contributed by atoms with van der Waals surface area (Å²) in [5.74, 6) is 0. The second-order valence-corrected chi connectivity index (χ2v) is 0.985. The lowest BCUT2D eigenvalue weighted by Gasteiger charge is -1.58. The molecule has 1 nitrogen and oxygen atoms in total. The van der Waals surface area contributed by atoms with E-state index in [0.29, 0.717) is 0 Å². The molecule has 8 heavy (non-hydrogen) atoms. The highest BCUT2D eigenvalue weighted by molar-refractivity contribution is 4.91. The minimum absolute atomic E-state index is 0.938. The van der Waals surface area contributed by atoms with Crippen LogP contribution in [0.4, 0.5) is 0 Å². The van der Waals surface area contributed by atoms with Crippen molar-refractivity contribution in [2.45, 2.75) is 6.92 Å². The van der Waals surface area contributed by atoms with Crippen LogP contribution in [0.1, 0.15) is 6.92 Å². The van der Waals surface area contributed by atoms with Crippen molar-refractivity contribution in [3.05, 3.63) is 37.6 Å². The van der Waals surface area contributed by atoms with E-state index in [1.54, 1.807) is 6.08 Å². The molecule has 0 aliphatic carbocycles. The highest BCUT2D eigenvalue weighted by Gasteiger charge is 1.43. The van der Waals surface area contributed by atoms with E-state index in [0.717, 1.165) is 6.26 Å².